The maximum atomic E-state index is 12.9. The number of anilines is 1. The lowest BCUT2D eigenvalue weighted by atomic mass is 10.0. The molecule has 1 atom stereocenters. The molecule has 2 amide bonds. The fraction of sp³-hybridized carbons (Fsp3) is 0.579. The number of nitrogens with zero attached hydrogens (tertiary/aromatic N) is 2. The van der Waals surface area contributed by atoms with Gasteiger partial charge in [0.1, 0.15) is 6.04 Å². The van der Waals surface area contributed by atoms with E-state index < -0.39 is 16.1 Å². The molecule has 1 aromatic rings. The summed E-state index contributed by atoms with van der Waals surface area (Å²) in [5.74, 6) is -0.509. The van der Waals surface area contributed by atoms with Crippen LogP contribution in [0.15, 0.2) is 23.1 Å². The summed E-state index contributed by atoms with van der Waals surface area (Å²) in [6.07, 6.45) is 1.17. The van der Waals surface area contributed by atoms with Crippen molar-refractivity contribution in [1.82, 2.24) is 9.21 Å². The van der Waals surface area contributed by atoms with Crippen LogP contribution in [0, 0.1) is 5.92 Å². The summed E-state index contributed by atoms with van der Waals surface area (Å²) in [6.45, 7) is 8.50. The van der Waals surface area contributed by atoms with Gasteiger partial charge in [-0.2, -0.15) is 4.31 Å². The van der Waals surface area contributed by atoms with Crippen LogP contribution in [0.3, 0.4) is 0 Å². The number of carbonyl (C=O) groups is 2. The Morgan fingerprint density at radius 3 is 2.43 bits per heavy atom. The molecule has 0 saturated carbocycles. The summed E-state index contributed by atoms with van der Waals surface area (Å²) in [7, 11) is -3.68. The first-order valence-electron chi connectivity index (χ1n) is 9.53. The zero-order valence-corrected chi connectivity index (χ0v) is 18.3. The van der Waals surface area contributed by atoms with Crippen molar-refractivity contribution < 1.29 is 18.0 Å². The van der Waals surface area contributed by atoms with Crippen LogP contribution in [0.1, 0.15) is 40.5 Å². The van der Waals surface area contributed by atoms with Crippen molar-refractivity contribution in [2.24, 2.45) is 5.92 Å². The lowest BCUT2D eigenvalue weighted by Gasteiger charge is -2.30. The predicted octanol–water partition coefficient (Wildman–Crippen LogP) is 2.96. The number of rotatable bonds is 8. The first-order chi connectivity index (χ1) is 13.1. The Morgan fingerprint density at radius 2 is 1.93 bits per heavy atom. The van der Waals surface area contributed by atoms with Gasteiger partial charge in [0.2, 0.25) is 21.8 Å². The second-order valence-corrected chi connectivity index (χ2v) is 9.44. The number of benzene rings is 1. The molecule has 1 unspecified atom stereocenters. The quantitative estimate of drug-likeness (QED) is 0.688. The van der Waals surface area contributed by atoms with Gasteiger partial charge in [0, 0.05) is 26.1 Å². The van der Waals surface area contributed by atoms with Crippen LogP contribution in [-0.2, 0) is 19.6 Å². The highest BCUT2D eigenvalue weighted by molar-refractivity contribution is 7.89. The van der Waals surface area contributed by atoms with Crippen molar-refractivity contribution in [3.8, 4) is 0 Å². The third-order valence-corrected chi connectivity index (χ3v) is 7.26. The fourth-order valence-electron chi connectivity index (χ4n) is 3.45. The van der Waals surface area contributed by atoms with E-state index in [1.807, 2.05) is 13.8 Å². The molecule has 9 heteroatoms. The molecule has 1 fully saturated rings. The topological polar surface area (TPSA) is 86.8 Å². The molecule has 1 aliphatic heterocycles. The van der Waals surface area contributed by atoms with Crippen molar-refractivity contribution in [2.45, 2.75) is 51.5 Å². The summed E-state index contributed by atoms with van der Waals surface area (Å²) in [4.78, 5) is 26.7. The van der Waals surface area contributed by atoms with E-state index in [-0.39, 0.29) is 33.3 Å². The maximum absolute atomic E-state index is 12.9. The van der Waals surface area contributed by atoms with Gasteiger partial charge in [-0.05, 0) is 30.5 Å². The molecule has 1 saturated heterocycles. The third-order valence-electron chi connectivity index (χ3n) is 4.88. The Balaban J connectivity index is 2.32. The van der Waals surface area contributed by atoms with Crippen molar-refractivity contribution in [1.29, 1.82) is 0 Å². The molecular formula is C19H28ClN3O4S. The maximum Gasteiger partial charge on any atom is 0.247 e. The number of sulfonamides is 1. The minimum Gasteiger partial charge on any atom is -0.330 e. The second-order valence-electron chi connectivity index (χ2n) is 7.10. The van der Waals surface area contributed by atoms with Crippen molar-refractivity contribution in [3.05, 3.63) is 23.2 Å². The van der Waals surface area contributed by atoms with Gasteiger partial charge in [-0.1, -0.05) is 39.3 Å². The molecule has 7 nitrogen and oxygen atoms in total. The normalized spacial score (nSPS) is 16.1. The minimum atomic E-state index is -3.68. The first kappa shape index (κ1) is 22.6. The summed E-state index contributed by atoms with van der Waals surface area (Å²) < 4.78 is 26.8. The number of nitrogens with one attached hydrogen (secondary N) is 1. The van der Waals surface area contributed by atoms with Gasteiger partial charge in [0.25, 0.3) is 0 Å². The van der Waals surface area contributed by atoms with Crippen LogP contribution in [0.5, 0.6) is 0 Å². The Bertz CT molecular complexity index is 838. The molecule has 0 aliphatic carbocycles. The average Bonchev–Trinajstić information content (AvgIpc) is 3.03. The zero-order chi connectivity index (χ0) is 21.1. The van der Waals surface area contributed by atoms with Crippen LogP contribution in [0.2, 0.25) is 5.02 Å². The predicted molar refractivity (Wildman–Crippen MR) is 110 cm³/mol. The highest BCUT2D eigenvalue weighted by Gasteiger charge is 2.35. The molecule has 28 heavy (non-hydrogen) atoms. The summed E-state index contributed by atoms with van der Waals surface area (Å²) >= 11 is 6.21. The molecule has 1 heterocycles. The van der Waals surface area contributed by atoms with Crippen molar-refractivity contribution in [3.63, 3.8) is 0 Å². The standard InChI is InChI=1S/C19H28ClN3O4S/c1-5-22(6-2)28(26,27)14-9-10-15(20)16(12-14)21-19(25)18(13(3)4)23-11-7-8-17(23)24/h9-10,12-13,18H,5-8,11H2,1-4H3,(H,21,25). The monoisotopic (exact) mass is 429 g/mol. The Kier molecular flexibility index (Phi) is 7.47. The van der Waals surface area contributed by atoms with Crippen LogP contribution >= 0.6 is 11.6 Å². The summed E-state index contributed by atoms with van der Waals surface area (Å²) in [5, 5.41) is 2.97. The number of carbonyl (C=O) groups excluding carboxylic acids is 2. The summed E-state index contributed by atoms with van der Waals surface area (Å²) in [5.41, 5.74) is 0.220. The van der Waals surface area contributed by atoms with Crippen molar-refractivity contribution in [2.75, 3.05) is 25.0 Å². The molecule has 1 N–H and O–H groups in total. The van der Waals surface area contributed by atoms with Crippen LogP contribution < -0.4 is 5.32 Å². The molecule has 0 aromatic heterocycles. The van der Waals surface area contributed by atoms with Gasteiger partial charge in [0.15, 0.2) is 0 Å². The van der Waals surface area contributed by atoms with E-state index in [0.717, 1.165) is 6.42 Å². The number of amides is 2. The van der Waals surface area contributed by atoms with E-state index >= 15 is 0 Å². The first-order valence-corrected chi connectivity index (χ1v) is 11.3. The molecule has 2 rings (SSSR count). The molecule has 0 bridgehead atoms. The highest BCUT2D eigenvalue weighted by atomic mass is 35.5. The molecule has 0 spiro atoms. The Hall–Kier alpha value is -1.64. The summed E-state index contributed by atoms with van der Waals surface area (Å²) in [6, 6.07) is 3.63. The van der Waals surface area contributed by atoms with Gasteiger partial charge >= 0.3 is 0 Å². The van der Waals surface area contributed by atoms with Gasteiger partial charge in [-0.3, -0.25) is 9.59 Å². The number of halogens is 1. The SMILES string of the molecule is CCN(CC)S(=O)(=O)c1ccc(Cl)c(NC(=O)C(C(C)C)N2CCCC2=O)c1. The van der Waals surface area contributed by atoms with Crippen molar-refractivity contribution >= 4 is 39.1 Å². The Morgan fingerprint density at radius 1 is 1.29 bits per heavy atom. The minimum absolute atomic E-state index is 0.0437. The molecule has 1 aliphatic rings. The number of hydrogen-bond donors (Lipinski definition) is 1. The smallest absolute Gasteiger partial charge is 0.247 e. The zero-order valence-electron chi connectivity index (χ0n) is 16.7. The van der Waals surface area contributed by atoms with E-state index in [1.54, 1.807) is 18.7 Å². The van der Waals surface area contributed by atoms with Gasteiger partial charge in [-0.25, -0.2) is 8.42 Å². The molecular weight excluding hydrogens is 402 g/mol. The fourth-order valence-corrected chi connectivity index (χ4v) is 5.10. The largest absolute Gasteiger partial charge is 0.330 e. The number of hydrogen-bond acceptors (Lipinski definition) is 4. The van der Waals surface area contributed by atoms with Gasteiger partial charge in [-0.15, -0.1) is 0 Å². The second kappa shape index (κ2) is 9.24. The van der Waals surface area contributed by atoms with Gasteiger partial charge < -0.3 is 10.2 Å². The van der Waals surface area contributed by atoms with E-state index in [4.69, 9.17) is 11.6 Å². The van der Waals surface area contributed by atoms with E-state index in [9.17, 15) is 18.0 Å². The highest BCUT2D eigenvalue weighted by Crippen LogP contribution is 2.28. The number of likely N-dealkylation sites (tertiary alicyclic amines) is 1. The molecule has 0 radical (unpaired) electrons. The lowest BCUT2D eigenvalue weighted by Crippen LogP contribution is -2.48. The van der Waals surface area contributed by atoms with Crippen LogP contribution in [-0.4, -0.2) is 55.1 Å². The van der Waals surface area contributed by atoms with E-state index in [2.05, 4.69) is 5.32 Å². The lowest BCUT2D eigenvalue weighted by molar-refractivity contribution is -0.136. The average molecular weight is 430 g/mol. The Labute approximate surface area is 172 Å². The third kappa shape index (κ3) is 4.67. The van der Waals surface area contributed by atoms with Crippen LogP contribution in [0.4, 0.5) is 5.69 Å². The van der Waals surface area contributed by atoms with Gasteiger partial charge in [0.05, 0.1) is 15.6 Å². The van der Waals surface area contributed by atoms with E-state index in [1.165, 1.54) is 22.5 Å². The van der Waals surface area contributed by atoms with Crippen LogP contribution in [0.25, 0.3) is 0 Å². The van der Waals surface area contributed by atoms with E-state index in [0.29, 0.717) is 26.1 Å². The molecule has 1 aromatic carbocycles. The molecule has 156 valence electrons.